The molecule has 0 radical (unpaired) electrons. The molecule has 1 unspecified atom stereocenters. The monoisotopic (exact) mass is 305 g/mol. The quantitative estimate of drug-likeness (QED) is 0.803. The van der Waals surface area contributed by atoms with E-state index in [-0.39, 0.29) is 0 Å². The second-order valence-corrected chi connectivity index (χ2v) is 5.97. The summed E-state index contributed by atoms with van der Waals surface area (Å²) in [6, 6.07) is 10.9. The van der Waals surface area contributed by atoms with Crippen LogP contribution in [0, 0.1) is 0 Å². The Morgan fingerprint density at radius 1 is 1.13 bits per heavy atom. The van der Waals surface area contributed by atoms with E-state index in [1.54, 1.807) is 12.5 Å². The second kappa shape index (κ2) is 6.30. The molecule has 1 aliphatic rings. The zero-order valence-electron chi connectivity index (χ0n) is 12.9. The zero-order chi connectivity index (χ0) is 15.5. The minimum atomic E-state index is 0.468. The summed E-state index contributed by atoms with van der Waals surface area (Å²) in [6.07, 6.45) is 8.33. The van der Waals surface area contributed by atoms with Gasteiger partial charge in [-0.2, -0.15) is 0 Å². The normalized spacial score (nSPS) is 18.3. The van der Waals surface area contributed by atoms with Gasteiger partial charge in [0, 0.05) is 60.7 Å². The third kappa shape index (κ3) is 3.14. The number of aromatic nitrogens is 3. The summed E-state index contributed by atoms with van der Waals surface area (Å²) in [5, 5.41) is 6.10. The zero-order valence-corrected chi connectivity index (χ0v) is 12.9. The number of hydrogen-bond acceptors (Lipinski definition) is 5. The van der Waals surface area contributed by atoms with Gasteiger partial charge < -0.3 is 5.32 Å². The lowest BCUT2D eigenvalue weighted by atomic mass is 10.1. The van der Waals surface area contributed by atoms with Crippen LogP contribution in [0.4, 0.5) is 5.69 Å². The maximum atomic E-state index is 4.31. The third-order valence-electron chi connectivity index (χ3n) is 4.34. The van der Waals surface area contributed by atoms with Gasteiger partial charge in [-0.1, -0.05) is 12.1 Å². The van der Waals surface area contributed by atoms with Crippen LogP contribution >= 0.6 is 0 Å². The number of nitrogens with zero attached hydrogens (tertiary/aromatic N) is 4. The molecule has 1 N–H and O–H groups in total. The number of hydrogen-bond donors (Lipinski definition) is 1. The molecule has 1 aromatic carbocycles. The van der Waals surface area contributed by atoms with E-state index in [2.05, 4.69) is 49.4 Å². The van der Waals surface area contributed by atoms with Crippen LogP contribution in [0.5, 0.6) is 0 Å². The smallest absolute Gasteiger partial charge is 0.115 e. The van der Waals surface area contributed by atoms with Crippen molar-refractivity contribution in [3.05, 3.63) is 60.9 Å². The number of pyridine rings is 1. The van der Waals surface area contributed by atoms with Gasteiger partial charge in [0.25, 0.3) is 0 Å². The highest BCUT2D eigenvalue weighted by atomic mass is 15.2. The number of anilines is 1. The van der Waals surface area contributed by atoms with Crippen molar-refractivity contribution >= 4 is 16.5 Å². The summed E-state index contributed by atoms with van der Waals surface area (Å²) in [5.74, 6) is 0. The van der Waals surface area contributed by atoms with Gasteiger partial charge in [-0.3, -0.25) is 9.88 Å². The van der Waals surface area contributed by atoms with E-state index in [4.69, 9.17) is 0 Å². The van der Waals surface area contributed by atoms with Gasteiger partial charge in [0.15, 0.2) is 0 Å². The van der Waals surface area contributed by atoms with Crippen LogP contribution in [0.3, 0.4) is 0 Å². The first kappa shape index (κ1) is 14.1. The fraction of sp³-hybridized carbons (Fsp3) is 0.278. The first-order valence-corrected chi connectivity index (χ1v) is 7.95. The largest absolute Gasteiger partial charge is 0.380 e. The van der Waals surface area contributed by atoms with Crippen molar-refractivity contribution in [2.75, 3.05) is 18.4 Å². The summed E-state index contributed by atoms with van der Waals surface area (Å²) in [7, 11) is 0. The lowest BCUT2D eigenvalue weighted by Gasteiger charge is -2.18. The van der Waals surface area contributed by atoms with E-state index in [1.165, 1.54) is 16.5 Å². The van der Waals surface area contributed by atoms with E-state index < -0.39 is 0 Å². The molecule has 1 aliphatic heterocycles. The summed E-state index contributed by atoms with van der Waals surface area (Å²) in [5.41, 5.74) is 2.27. The molecule has 23 heavy (non-hydrogen) atoms. The lowest BCUT2D eigenvalue weighted by Crippen LogP contribution is -2.26. The van der Waals surface area contributed by atoms with Gasteiger partial charge >= 0.3 is 0 Å². The van der Waals surface area contributed by atoms with E-state index >= 15 is 0 Å². The molecule has 0 saturated carbocycles. The molecule has 1 saturated heterocycles. The number of rotatable bonds is 4. The van der Waals surface area contributed by atoms with Crippen molar-refractivity contribution in [1.82, 2.24) is 19.9 Å². The Kier molecular flexibility index (Phi) is 3.86. The predicted molar refractivity (Wildman–Crippen MR) is 91.1 cm³/mol. The van der Waals surface area contributed by atoms with E-state index in [0.717, 1.165) is 31.7 Å². The lowest BCUT2D eigenvalue weighted by molar-refractivity contribution is 0.324. The van der Waals surface area contributed by atoms with E-state index in [9.17, 15) is 0 Å². The van der Waals surface area contributed by atoms with Gasteiger partial charge in [-0.15, -0.1) is 0 Å². The molecule has 116 valence electrons. The number of fused-ring (bicyclic) bond motifs is 1. The fourth-order valence-electron chi connectivity index (χ4n) is 3.20. The first-order valence-electron chi connectivity index (χ1n) is 7.95. The molecular weight excluding hydrogens is 286 g/mol. The Morgan fingerprint density at radius 3 is 3.00 bits per heavy atom. The Hall–Kier alpha value is -2.53. The van der Waals surface area contributed by atoms with Crippen LogP contribution in [-0.2, 0) is 6.54 Å². The summed E-state index contributed by atoms with van der Waals surface area (Å²) in [4.78, 5) is 14.9. The molecule has 2 aromatic heterocycles. The Morgan fingerprint density at radius 2 is 2.09 bits per heavy atom. The van der Waals surface area contributed by atoms with Crippen LogP contribution in [-0.4, -0.2) is 39.0 Å². The topological polar surface area (TPSA) is 53.9 Å². The molecule has 3 aromatic rings. The second-order valence-electron chi connectivity index (χ2n) is 5.97. The third-order valence-corrected chi connectivity index (χ3v) is 4.34. The van der Waals surface area contributed by atoms with E-state index in [1.807, 2.05) is 18.5 Å². The molecule has 1 fully saturated rings. The van der Waals surface area contributed by atoms with Crippen LogP contribution in [0.25, 0.3) is 10.8 Å². The molecule has 0 aliphatic carbocycles. The molecule has 0 amide bonds. The van der Waals surface area contributed by atoms with Crippen LogP contribution in [0.2, 0.25) is 0 Å². The Bertz CT molecular complexity index is 784. The molecule has 5 heteroatoms. The van der Waals surface area contributed by atoms with Gasteiger partial charge in [0.2, 0.25) is 0 Å². The van der Waals surface area contributed by atoms with Crippen molar-refractivity contribution in [1.29, 1.82) is 0 Å². The van der Waals surface area contributed by atoms with Gasteiger partial charge in [-0.05, 0) is 24.6 Å². The van der Waals surface area contributed by atoms with Gasteiger partial charge in [0.1, 0.15) is 6.33 Å². The van der Waals surface area contributed by atoms with Crippen molar-refractivity contribution in [2.24, 2.45) is 0 Å². The molecule has 0 bridgehead atoms. The number of benzene rings is 1. The Labute approximate surface area is 135 Å². The average Bonchev–Trinajstić information content (AvgIpc) is 3.03. The van der Waals surface area contributed by atoms with Gasteiger partial charge in [0.05, 0.1) is 5.69 Å². The maximum absolute atomic E-state index is 4.31. The number of nitrogens with one attached hydrogen (secondary N) is 1. The molecule has 1 atom stereocenters. The SMILES string of the molecule is c1cc(NC2CCN(Cc3ccncn3)C2)c2ccncc2c1. The summed E-state index contributed by atoms with van der Waals surface area (Å²) in [6.45, 7) is 3.01. The maximum Gasteiger partial charge on any atom is 0.115 e. The van der Waals surface area contributed by atoms with Crippen molar-refractivity contribution in [3.63, 3.8) is 0 Å². The standard InChI is InChI=1S/C18H19N5/c1-2-14-10-19-8-5-17(14)18(3-1)22-16-6-9-23(12-16)11-15-4-7-20-13-21-15/h1-5,7-8,10,13,16,22H,6,9,11-12H2. The number of likely N-dealkylation sites (tertiary alicyclic amines) is 1. The Balaban J connectivity index is 1.44. The molecular formula is C18H19N5. The van der Waals surface area contributed by atoms with Gasteiger partial charge in [-0.25, -0.2) is 9.97 Å². The van der Waals surface area contributed by atoms with Crippen molar-refractivity contribution in [2.45, 2.75) is 19.0 Å². The van der Waals surface area contributed by atoms with Crippen LogP contribution in [0.15, 0.2) is 55.2 Å². The molecule has 5 nitrogen and oxygen atoms in total. The highest BCUT2D eigenvalue weighted by Crippen LogP contribution is 2.25. The van der Waals surface area contributed by atoms with Crippen molar-refractivity contribution in [3.8, 4) is 0 Å². The first-order chi connectivity index (χ1) is 11.4. The molecule has 4 rings (SSSR count). The molecule has 0 spiro atoms. The summed E-state index contributed by atoms with van der Waals surface area (Å²) < 4.78 is 0. The fourth-order valence-corrected chi connectivity index (χ4v) is 3.20. The summed E-state index contributed by atoms with van der Waals surface area (Å²) >= 11 is 0. The highest BCUT2D eigenvalue weighted by molar-refractivity contribution is 5.93. The van der Waals surface area contributed by atoms with Crippen LogP contribution < -0.4 is 5.32 Å². The predicted octanol–water partition coefficient (Wildman–Crippen LogP) is 2.71. The minimum absolute atomic E-state index is 0.468. The highest BCUT2D eigenvalue weighted by Gasteiger charge is 2.22. The van der Waals surface area contributed by atoms with Crippen LogP contribution in [0.1, 0.15) is 12.1 Å². The van der Waals surface area contributed by atoms with E-state index in [0.29, 0.717) is 6.04 Å². The molecule has 3 heterocycles. The minimum Gasteiger partial charge on any atom is -0.380 e. The van der Waals surface area contributed by atoms with Crippen molar-refractivity contribution < 1.29 is 0 Å². The average molecular weight is 305 g/mol.